The molecule has 1 saturated heterocycles. The van der Waals surface area contributed by atoms with Crippen LogP contribution in [0.3, 0.4) is 0 Å². The normalized spacial score (nSPS) is 24.1. The Balaban J connectivity index is 1.49. The Kier molecular flexibility index (Phi) is 7.20. The van der Waals surface area contributed by atoms with Crippen LogP contribution >= 0.6 is 0 Å². The van der Waals surface area contributed by atoms with Crippen molar-refractivity contribution in [1.82, 2.24) is 9.55 Å². The van der Waals surface area contributed by atoms with Gasteiger partial charge in [-0.1, -0.05) is 30.3 Å². The van der Waals surface area contributed by atoms with Gasteiger partial charge < -0.3 is 41.0 Å². The lowest BCUT2D eigenvalue weighted by Crippen LogP contribution is -2.40. The maximum atomic E-state index is 12.1. The van der Waals surface area contributed by atoms with E-state index in [1.165, 1.54) is 0 Å². The van der Waals surface area contributed by atoms with E-state index in [2.05, 4.69) is 4.98 Å². The fraction of sp³-hybridized carbons (Fsp3) is 0.421. The average molecular weight is 436 g/mol. The molecule has 1 fully saturated rings. The van der Waals surface area contributed by atoms with Crippen LogP contribution in [-0.4, -0.2) is 74.3 Å². The van der Waals surface area contributed by atoms with E-state index in [0.29, 0.717) is 0 Å². The number of hydrogen-bond donors (Lipinski definition) is 5. The van der Waals surface area contributed by atoms with Crippen LogP contribution in [0.15, 0.2) is 36.7 Å². The van der Waals surface area contributed by atoms with E-state index in [9.17, 15) is 24.9 Å². The zero-order chi connectivity index (χ0) is 22.5. The predicted molar refractivity (Wildman–Crippen MR) is 103 cm³/mol. The molecule has 0 radical (unpaired) electrons. The molecule has 7 N–H and O–H groups in total. The monoisotopic (exact) mass is 436 g/mol. The molecule has 2 heterocycles. The van der Waals surface area contributed by atoms with Gasteiger partial charge in [0.15, 0.2) is 11.9 Å². The van der Waals surface area contributed by atoms with Gasteiger partial charge in [-0.2, -0.15) is 0 Å². The van der Waals surface area contributed by atoms with Crippen LogP contribution in [0.25, 0.3) is 0 Å². The Hall–Kier alpha value is -3.03. The van der Waals surface area contributed by atoms with Crippen molar-refractivity contribution in [3.63, 3.8) is 0 Å². The first-order valence-corrected chi connectivity index (χ1v) is 9.40. The predicted octanol–water partition coefficient (Wildman–Crippen LogP) is -1.61. The highest BCUT2D eigenvalue weighted by Crippen LogP contribution is 2.33. The molecule has 0 spiro atoms. The maximum Gasteiger partial charge on any atom is 0.325 e. The van der Waals surface area contributed by atoms with Crippen molar-refractivity contribution in [1.29, 1.82) is 0 Å². The number of aliphatic hydroxyl groups is 2. The zero-order valence-corrected chi connectivity index (χ0v) is 16.4. The summed E-state index contributed by atoms with van der Waals surface area (Å²) < 4.78 is 16.9. The van der Waals surface area contributed by atoms with E-state index in [0.717, 1.165) is 16.5 Å². The second kappa shape index (κ2) is 9.85. The highest BCUT2D eigenvalue weighted by molar-refractivity contribution is 5.93. The van der Waals surface area contributed by atoms with E-state index in [-0.39, 0.29) is 13.2 Å². The van der Waals surface area contributed by atoms with Gasteiger partial charge in [0, 0.05) is 0 Å². The second-order valence-electron chi connectivity index (χ2n) is 6.97. The summed E-state index contributed by atoms with van der Waals surface area (Å²) in [5.74, 6) is -2.37. The first kappa shape index (κ1) is 22.7. The SMILES string of the molecule is NC(=O)c1ncn([C@@H]2O[C@H](COC(=O)[C@@H](N)COCc3ccccc3)[C@@H](O)[C@H]2O)c1O. The summed E-state index contributed by atoms with van der Waals surface area (Å²) in [4.78, 5) is 26.9. The number of nitrogens with zero attached hydrogens (tertiary/aromatic N) is 2. The first-order valence-electron chi connectivity index (χ1n) is 9.40. The van der Waals surface area contributed by atoms with E-state index in [1.54, 1.807) is 0 Å². The minimum atomic E-state index is -1.49. The number of aliphatic hydroxyl groups excluding tert-OH is 2. The third-order valence-electron chi connectivity index (χ3n) is 4.71. The van der Waals surface area contributed by atoms with E-state index < -0.39 is 60.6 Å². The molecule has 31 heavy (non-hydrogen) atoms. The molecule has 12 nitrogen and oxygen atoms in total. The molecule has 1 aromatic carbocycles. The van der Waals surface area contributed by atoms with Gasteiger partial charge in [-0.15, -0.1) is 0 Å². The van der Waals surface area contributed by atoms with Crippen molar-refractivity contribution in [2.45, 2.75) is 37.2 Å². The second-order valence-corrected chi connectivity index (χ2v) is 6.97. The highest BCUT2D eigenvalue weighted by Gasteiger charge is 2.45. The molecule has 12 heteroatoms. The number of imidazole rings is 1. The third-order valence-corrected chi connectivity index (χ3v) is 4.71. The average Bonchev–Trinajstić information content (AvgIpc) is 3.27. The highest BCUT2D eigenvalue weighted by atomic mass is 16.6. The molecule has 0 saturated carbocycles. The number of hydrogen-bond acceptors (Lipinski definition) is 10. The topological polar surface area (TPSA) is 192 Å². The maximum absolute atomic E-state index is 12.1. The van der Waals surface area contributed by atoms with Crippen molar-refractivity contribution < 1.29 is 39.1 Å². The summed E-state index contributed by atoms with van der Waals surface area (Å²) in [7, 11) is 0. The Labute approximate surface area is 176 Å². The van der Waals surface area contributed by atoms with Crippen LogP contribution in [0.2, 0.25) is 0 Å². The first-order chi connectivity index (χ1) is 14.8. The van der Waals surface area contributed by atoms with Gasteiger partial charge in [-0.3, -0.25) is 14.2 Å². The number of ether oxygens (including phenoxy) is 3. The van der Waals surface area contributed by atoms with Crippen LogP contribution in [0, 0.1) is 0 Å². The fourth-order valence-corrected chi connectivity index (χ4v) is 3.03. The summed E-state index contributed by atoms with van der Waals surface area (Å²) in [6.45, 7) is -0.203. The summed E-state index contributed by atoms with van der Waals surface area (Å²) in [5, 5.41) is 30.4. The summed E-state index contributed by atoms with van der Waals surface area (Å²) in [5.41, 5.74) is 11.4. The van der Waals surface area contributed by atoms with E-state index in [1.807, 2.05) is 30.3 Å². The molecule has 1 aliphatic heterocycles. The molecule has 1 amide bonds. The Bertz CT molecular complexity index is 906. The van der Waals surface area contributed by atoms with Gasteiger partial charge in [-0.25, -0.2) is 4.98 Å². The van der Waals surface area contributed by atoms with Gasteiger partial charge >= 0.3 is 5.97 Å². The van der Waals surface area contributed by atoms with Crippen molar-refractivity contribution in [2.75, 3.05) is 13.2 Å². The molecular weight excluding hydrogens is 412 g/mol. The molecule has 1 aromatic heterocycles. The van der Waals surface area contributed by atoms with Crippen molar-refractivity contribution in [3.05, 3.63) is 47.9 Å². The summed E-state index contributed by atoms with van der Waals surface area (Å²) in [6, 6.07) is 8.28. The molecule has 2 aromatic rings. The Morgan fingerprint density at radius 1 is 1.23 bits per heavy atom. The largest absolute Gasteiger partial charge is 0.493 e. The molecule has 1 aliphatic rings. The lowest BCUT2D eigenvalue weighted by Gasteiger charge is -2.17. The number of amides is 1. The summed E-state index contributed by atoms with van der Waals surface area (Å²) >= 11 is 0. The minimum Gasteiger partial charge on any atom is -0.493 e. The number of aromatic hydroxyl groups is 1. The van der Waals surface area contributed by atoms with Gasteiger partial charge in [-0.05, 0) is 5.56 Å². The van der Waals surface area contributed by atoms with Crippen LogP contribution in [0.4, 0.5) is 0 Å². The number of aromatic nitrogens is 2. The Morgan fingerprint density at radius 3 is 2.58 bits per heavy atom. The Morgan fingerprint density at radius 2 is 1.94 bits per heavy atom. The standard InChI is InChI=1S/C19H24N4O8/c20-11(7-29-6-10-4-2-1-3-5-10)19(28)30-8-12-14(24)15(25)18(31-12)23-9-22-13(16(21)26)17(23)27/h1-5,9,11-12,14-15,18,24-25,27H,6-8,20H2,(H2,21,26)/t11-,12+,14+,15+,18+/m0/s1. The molecule has 0 bridgehead atoms. The fourth-order valence-electron chi connectivity index (χ4n) is 3.03. The number of carbonyl (C=O) groups is 2. The number of nitrogens with two attached hydrogens (primary N) is 2. The van der Waals surface area contributed by atoms with Gasteiger partial charge in [0.2, 0.25) is 5.88 Å². The molecule has 0 unspecified atom stereocenters. The molecule has 168 valence electrons. The van der Waals surface area contributed by atoms with Gasteiger partial charge in [0.25, 0.3) is 5.91 Å². The molecule has 0 aliphatic carbocycles. The van der Waals surface area contributed by atoms with Crippen LogP contribution in [-0.2, 0) is 25.6 Å². The lowest BCUT2D eigenvalue weighted by molar-refractivity contribution is -0.153. The van der Waals surface area contributed by atoms with Crippen molar-refractivity contribution in [3.8, 4) is 5.88 Å². The number of benzene rings is 1. The van der Waals surface area contributed by atoms with E-state index >= 15 is 0 Å². The minimum absolute atomic E-state index is 0.0775. The number of primary amides is 1. The summed E-state index contributed by atoms with van der Waals surface area (Å²) in [6.07, 6.45) is -4.29. The van der Waals surface area contributed by atoms with Crippen LogP contribution < -0.4 is 11.5 Å². The third kappa shape index (κ3) is 5.18. The van der Waals surface area contributed by atoms with Gasteiger partial charge in [0.1, 0.15) is 37.3 Å². The van der Waals surface area contributed by atoms with Crippen molar-refractivity contribution >= 4 is 11.9 Å². The van der Waals surface area contributed by atoms with Crippen molar-refractivity contribution in [2.24, 2.45) is 11.5 Å². The molecular formula is C19H24N4O8. The van der Waals surface area contributed by atoms with Crippen LogP contribution in [0.5, 0.6) is 5.88 Å². The van der Waals surface area contributed by atoms with E-state index in [4.69, 9.17) is 25.7 Å². The quantitative estimate of drug-likeness (QED) is 0.286. The lowest BCUT2D eigenvalue weighted by atomic mass is 10.1. The van der Waals surface area contributed by atoms with Gasteiger partial charge in [0.05, 0.1) is 13.2 Å². The smallest absolute Gasteiger partial charge is 0.325 e. The van der Waals surface area contributed by atoms with Crippen LogP contribution in [0.1, 0.15) is 22.3 Å². The number of carbonyl (C=O) groups excluding carboxylic acids is 2. The number of rotatable bonds is 9. The zero-order valence-electron chi connectivity index (χ0n) is 16.4. The molecule has 5 atom stereocenters. The molecule has 3 rings (SSSR count). The number of esters is 1.